The molecular formula is C11H16. The minimum Gasteiger partial charge on any atom is -0.0530 e. The van der Waals surface area contributed by atoms with E-state index >= 15 is 0 Å². The molecule has 0 amide bonds. The van der Waals surface area contributed by atoms with E-state index in [1.54, 1.807) is 32.1 Å². The Bertz CT molecular complexity index is 188. The van der Waals surface area contributed by atoms with Crippen molar-refractivity contribution in [3.63, 3.8) is 0 Å². The highest BCUT2D eigenvalue weighted by molar-refractivity contribution is 5.20. The lowest BCUT2D eigenvalue weighted by molar-refractivity contribution is 0.340. The van der Waals surface area contributed by atoms with Gasteiger partial charge >= 0.3 is 0 Å². The Balaban J connectivity index is 1.81. The first-order valence-electron chi connectivity index (χ1n) is 5.47. The predicted octanol–water partition coefficient (Wildman–Crippen LogP) is 2.69. The van der Waals surface area contributed by atoms with Crippen LogP contribution in [0.5, 0.6) is 0 Å². The fourth-order valence-electron chi connectivity index (χ4n) is 5.07. The van der Waals surface area contributed by atoms with Crippen LogP contribution in [-0.4, -0.2) is 0 Å². The zero-order chi connectivity index (χ0) is 7.00. The zero-order valence-electron chi connectivity index (χ0n) is 7.00. The van der Waals surface area contributed by atoms with E-state index in [0.717, 1.165) is 0 Å². The van der Waals surface area contributed by atoms with Gasteiger partial charge in [-0.05, 0) is 54.8 Å². The fraction of sp³-hybridized carbons (Fsp3) is 1.00. The fourth-order valence-corrected chi connectivity index (χ4v) is 5.07. The van der Waals surface area contributed by atoms with E-state index < -0.39 is 0 Å². The van der Waals surface area contributed by atoms with E-state index in [0.29, 0.717) is 0 Å². The molecule has 5 saturated carbocycles. The lowest BCUT2D eigenvalue weighted by Gasteiger charge is -2.14. The van der Waals surface area contributed by atoms with Crippen molar-refractivity contribution in [2.75, 3.05) is 0 Å². The van der Waals surface area contributed by atoms with Crippen molar-refractivity contribution in [1.29, 1.82) is 0 Å². The average molecular weight is 148 g/mol. The molecule has 5 aliphatic rings. The number of hydrogen-bond acceptors (Lipinski definition) is 0. The highest BCUT2D eigenvalue weighted by Crippen LogP contribution is 2.78. The molecule has 0 aromatic heterocycles. The minimum atomic E-state index is 1.23. The van der Waals surface area contributed by atoms with Crippen LogP contribution in [0, 0.1) is 35.5 Å². The molecule has 0 heterocycles. The van der Waals surface area contributed by atoms with E-state index in [2.05, 4.69) is 0 Å². The van der Waals surface area contributed by atoms with Gasteiger partial charge in [0.2, 0.25) is 0 Å². The summed E-state index contributed by atoms with van der Waals surface area (Å²) >= 11 is 0. The van der Waals surface area contributed by atoms with Gasteiger partial charge in [-0.3, -0.25) is 0 Å². The Hall–Kier alpha value is 0. The Morgan fingerprint density at radius 3 is 1.82 bits per heavy atom. The molecule has 0 spiro atoms. The van der Waals surface area contributed by atoms with Gasteiger partial charge in [-0.2, -0.15) is 0 Å². The van der Waals surface area contributed by atoms with Gasteiger partial charge in [-0.1, -0.05) is 12.8 Å². The molecule has 5 aliphatic carbocycles. The second-order valence-corrected chi connectivity index (χ2v) is 5.33. The van der Waals surface area contributed by atoms with E-state index in [4.69, 9.17) is 0 Å². The smallest absolute Gasteiger partial charge is 0.0318 e. The summed E-state index contributed by atoms with van der Waals surface area (Å²) in [6, 6.07) is 0. The van der Waals surface area contributed by atoms with Gasteiger partial charge in [-0.15, -0.1) is 0 Å². The van der Waals surface area contributed by atoms with Crippen LogP contribution in [0.4, 0.5) is 0 Å². The summed E-state index contributed by atoms with van der Waals surface area (Å²) in [5, 5.41) is 0. The van der Waals surface area contributed by atoms with Gasteiger partial charge in [0.25, 0.3) is 0 Å². The molecule has 0 radical (unpaired) electrons. The molecule has 5 rings (SSSR count). The van der Waals surface area contributed by atoms with Gasteiger partial charge in [0.15, 0.2) is 0 Å². The number of rotatable bonds is 0. The molecule has 0 aliphatic heterocycles. The third kappa shape index (κ3) is 0.467. The summed E-state index contributed by atoms with van der Waals surface area (Å²) in [5.74, 6) is 7.50. The molecule has 60 valence electrons. The van der Waals surface area contributed by atoms with Crippen LogP contribution >= 0.6 is 0 Å². The van der Waals surface area contributed by atoms with Crippen LogP contribution in [0.2, 0.25) is 0 Å². The van der Waals surface area contributed by atoms with Crippen molar-refractivity contribution < 1.29 is 0 Å². The molecule has 0 aromatic carbocycles. The lowest BCUT2D eigenvalue weighted by Crippen LogP contribution is -2.08. The Labute approximate surface area is 68.4 Å². The van der Waals surface area contributed by atoms with Gasteiger partial charge in [0, 0.05) is 0 Å². The standard InChI is InChI=1S/C11H16/c1-2-4-7-8-5-9-10(11(7)9)6(8)3-1/h6-11H,1-5H2. The van der Waals surface area contributed by atoms with Crippen molar-refractivity contribution >= 4 is 0 Å². The SMILES string of the molecule is C1CCC2C3CC4C(C3C1)C24. The summed E-state index contributed by atoms with van der Waals surface area (Å²) < 4.78 is 0. The van der Waals surface area contributed by atoms with Crippen LogP contribution in [0.3, 0.4) is 0 Å². The maximum Gasteiger partial charge on any atom is -0.0318 e. The Kier molecular flexibility index (Phi) is 0.781. The summed E-state index contributed by atoms with van der Waals surface area (Å²) in [7, 11) is 0. The molecule has 0 heteroatoms. The van der Waals surface area contributed by atoms with E-state index in [9.17, 15) is 0 Å². The molecule has 0 aromatic rings. The van der Waals surface area contributed by atoms with E-state index in [1.165, 1.54) is 35.5 Å². The minimum absolute atomic E-state index is 1.23. The molecule has 0 N–H and O–H groups in total. The second kappa shape index (κ2) is 1.53. The van der Waals surface area contributed by atoms with E-state index in [-0.39, 0.29) is 0 Å². The third-order valence-corrected chi connectivity index (χ3v) is 5.25. The predicted molar refractivity (Wildman–Crippen MR) is 44.0 cm³/mol. The second-order valence-electron chi connectivity index (χ2n) is 5.33. The Morgan fingerprint density at radius 2 is 1.27 bits per heavy atom. The summed E-state index contributed by atoms with van der Waals surface area (Å²) in [6.45, 7) is 0. The monoisotopic (exact) mass is 148 g/mol. The van der Waals surface area contributed by atoms with Crippen LogP contribution in [0.25, 0.3) is 0 Å². The van der Waals surface area contributed by atoms with Gasteiger partial charge in [-0.25, -0.2) is 0 Å². The van der Waals surface area contributed by atoms with Crippen molar-refractivity contribution in [1.82, 2.24) is 0 Å². The van der Waals surface area contributed by atoms with Crippen molar-refractivity contribution in [2.24, 2.45) is 35.5 Å². The molecular weight excluding hydrogens is 132 g/mol. The molecule has 6 bridgehead atoms. The quantitative estimate of drug-likeness (QED) is 0.495. The first kappa shape index (κ1) is 5.61. The largest absolute Gasteiger partial charge is 0.0530 e. The normalized spacial score (nSPS) is 69.8. The van der Waals surface area contributed by atoms with Crippen molar-refractivity contribution in [2.45, 2.75) is 32.1 Å². The van der Waals surface area contributed by atoms with Gasteiger partial charge < -0.3 is 0 Å². The Morgan fingerprint density at radius 1 is 0.636 bits per heavy atom. The van der Waals surface area contributed by atoms with Crippen molar-refractivity contribution in [3.8, 4) is 0 Å². The number of hydrogen-bond donors (Lipinski definition) is 0. The van der Waals surface area contributed by atoms with Crippen LogP contribution in [0.15, 0.2) is 0 Å². The van der Waals surface area contributed by atoms with E-state index in [1.807, 2.05) is 0 Å². The summed E-state index contributed by atoms with van der Waals surface area (Å²) in [4.78, 5) is 0. The molecule has 5 fully saturated rings. The molecule has 4 atom stereocenters. The van der Waals surface area contributed by atoms with Crippen LogP contribution in [-0.2, 0) is 0 Å². The molecule has 11 heavy (non-hydrogen) atoms. The average Bonchev–Trinajstić information content (AvgIpc) is 2.27. The summed E-state index contributed by atoms with van der Waals surface area (Å²) in [5.41, 5.74) is 0. The van der Waals surface area contributed by atoms with Crippen LogP contribution < -0.4 is 0 Å². The van der Waals surface area contributed by atoms with Gasteiger partial charge in [0.05, 0.1) is 0 Å². The molecule has 0 saturated heterocycles. The topological polar surface area (TPSA) is 0 Å². The first-order valence-corrected chi connectivity index (χ1v) is 5.47. The highest BCUT2D eigenvalue weighted by atomic mass is 14.8. The maximum atomic E-state index is 1.66. The summed E-state index contributed by atoms with van der Waals surface area (Å²) in [6.07, 6.45) is 8.00. The first-order chi connectivity index (χ1) is 5.47. The van der Waals surface area contributed by atoms with Crippen molar-refractivity contribution in [3.05, 3.63) is 0 Å². The third-order valence-electron chi connectivity index (χ3n) is 5.25. The van der Waals surface area contributed by atoms with Crippen LogP contribution in [0.1, 0.15) is 32.1 Å². The van der Waals surface area contributed by atoms with Gasteiger partial charge in [0.1, 0.15) is 0 Å². The lowest BCUT2D eigenvalue weighted by atomic mass is 9.90. The molecule has 4 unspecified atom stereocenters. The zero-order valence-corrected chi connectivity index (χ0v) is 7.00. The highest BCUT2D eigenvalue weighted by Gasteiger charge is 2.72. The maximum absolute atomic E-state index is 1.66. The molecule has 0 nitrogen and oxygen atoms in total.